The van der Waals surface area contributed by atoms with Gasteiger partial charge < -0.3 is 10.1 Å². The fourth-order valence-electron chi connectivity index (χ4n) is 1.51. The van der Waals surface area contributed by atoms with Gasteiger partial charge in [-0.25, -0.2) is 4.39 Å². The molecule has 0 unspecified atom stereocenters. The van der Waals surface area contributed by atoms with Crippen LogP contribution in [0.15, 0.2) is 18.2 Å². The van der Waals surface area contributed by atoms with Crippen LogP contribution >= 0.6 is 11.3 Å². The van der Waals surface area contributed by atoms with Gasteiger partial charge in [0, 0.05) is 6.54 Å². The van der Waals surface area contributed by atoms with Crippen molar-refractivity contribution in [3.63, 3.8) is 0 Å². The van der Waals surface area contributed by atoms with E-state index in [0.717, 1.165) is 23.5 Å². The zero-order chi connectivity index (χ0) is 13.7. The van der Waals surface area contributed by atoms with Gasteiger partial charge in [0.05, 0.1) is 0 Å². The lowest BCUT2D eigenvalue weighted by atomic mass is 10.2. The quantitative estimate of drug-likeness (QED) is 0.825. The molecule has 19 heavy (non-hydrogen) atoms. The highest BCUT2D eigenvalue weighted by atomic mass is 32.1. The van der Waals surface area contributed by atoms with Crippen molar-refractivity contribution < 1.29 is 9.13 Å². The Morgan fingerprint density at radius 3 is 3.00 bits per heavy atom. The molecule has 1 aromatic carbocycles. The van der Waals surface area contributed by atoms with Crippen LogP contribution in [0.5, 0.6) is 10.9 Å². The van der Waals surface area contributed by atoms with E-state index in [1.54, 1.807) is 12.1 Å². The van der Waals surface area contributed by atoms with Crippen LogP contribution in [-0.4, -0.2) is 16.7 Å². The summed E-state index contributed by atoms with van der Waals surface area (Å²) in [7, 11) is 0. The molecule has 0 fully saturated rings. The van der Waals surface area contributed by atoms with Gasteiger partial charge in [-0.05, 0) is 37.6 Å². The van der Waals surface area contributed by atoms with Crippen LogP contribution in [0.25, 0.3) is 0 Å². The van der Waals surface area contributed by atoms with Crippen molar-refractivity contribution in [1.82, 2.24) is 15.5 Å². The van der Waals surface area contributed by atoms with Gasteiger partial charge >= 0.3 is 0 Å². The molecule has 0 saturated carbocycles. The Kier molecular flexibility index (Phi) is 4.81. The highest BCUT2D eigenvalue weighted by Gasteiger charge is 2.09. The lowest BCUT2D eigenvalue weighted by Crippen LogP contribution is -2.13. The summed E-state index contributed by atoms with van der Waals surface area (Å²) in [5.41, 5.74) is 0.936. The van der Waals surface area contributed by atoms with Crippen molar-refractivity contribution in [2.75, 3.05) is 6.54 Å². The smallest absolute Gasteiger partial charge is 0.299 e. The topological polar surface area (TPSA) is 47.0 Å². The summed E-state index contributed by atoms with van der Waals surface area (Å²) in [6, 6.07) is 4.73. The molecular weight excluding hydrogens is 265 g/mol. The number of benzene rings is 1. The number of aromatic nitrogens is 2. The average Bonchev–Trinajstić information content (AvgIpc) is 2.82. The summed E-state index contributed by atoms with van der Waals surface area (Å²) >= 11 is 1.32. The van der Waals surface area contributed by atoms with Crippen LogP contribution in [0.3, 0.4) is 0 Å². The van der Waals surface area contributed by atoms with E-state index in [9.17, 15) is 4.39 Å². The average molecular weight is 281 g/mol. The Labute approximate surface area is 115 Å². The molecule has 4 nitrogen and oxygen atoms in total. The van der Waals surface area contributed by atoms with Gasteiger partial charge in [0.15, 0.2) is 11.6 Å². The number of ether oxygens (including phenoxy) is 1. The molecule has 0 bridgehead atoms. The monoisotopic (exact) mass is 281 g/mol. The maximum absolute atomic E-state index is 13.5. The van der Waals surface area contributed by atoms with Crippen LogP contribution in [0.1, 0.15) is 23.9 Å². The molecule has 1 N–H and O–H groups in total. The molecule has 2 aromatic rings. The normalized spacial score (nSPS) is 10.7. The fraction of sp³-hybridized carbons (Fsp3) is 0.385. The first-order valence-electron chi connectivity index (χ1n) is 6.16. The lowest BCUT2D eigenvalue weighted by Gasteiger charge is -2.03. The van der Waals surface area contributed by atoms with E-state index in [1.165, 1.54) is 17.4 Å². The van der Waals surface area contributed by atoms with E-state index in [-0.39, 0.29) is 5.75 Å². The molecule has 0 aliphatic heterocycles. The van der Waals surface area contributed by atoms with E-state index < -0.39 is 5.82 Å². The summed E-state index contributed by atoms with van der Waals surface area (Å²) in [5.74, 6) is -0.212. The first-order valence-corrected chi connectivity index (χ1v) is 6.97. The molecule has 1 aromatic heterocycles. The van der Waals surface area contributed by atoms with E-state index in [4.69, 9.17) is 4.74 Å². The van der Waals surface area contributed by atoms with E-state index in [1.807, 2.05) is 6.92 Å². The summed E-state index contributed by atoms with van der Waals surface area (Å²) in [5, 5.41) is 12.3. The summed E-state index contributed by atoms with van der Waals surface area (Å²) in [4.78, 5) is 0. The number of hydrogen-bond donors (Lipinski definition) is 1. The number of aryl methyl sites for hydroxylation is 1. The van der Waals surface area contributed by atoms with Crippen molar-refractivity contribution in [3.05, 3.63) is 34.6 Å². The minimum absolute atomic E-state index is 0.184. The van der Waals surface area contributed by atoms with Crippen LogP contribution in [0.4, 0.5) is 4.39 Å². The zero-order valence-electron chi connectivity index (χ0n) is 10.9. The second kappa shape index (κ2) is 6.58. The predicted molar refractivity (Wildman–Crippen MR) is 73.1 cm³/mol. The number of nitrogens with one attached hydrogen (secondary N) is 1. The maximum Gasteiger partial charge on any atom is 0.299 e. The van der Waals surface area contributed by atoms with Gasteiger partial charge in [0.1, 0.15) is 5.01 Å². The Bertz CT molecular complexity index is 544. The lowest BCUT2D eigenvalue weighted by molar-refractivity contribution is 0.435. The predicted octanol–water partition coefficient (Wildman–Crippen LogP) is 3.28. The molecule has 0 amide bonds. The summed E-state index contributed by atoms with van der Waals surface area (Å²) in [6.07, 6.45) is 1.07. The van der Waals surface area contributed by atoms with Gasteiger partial charge in [-0.15, -0.1) is 5.10 Å². The van der Waals surface area contributed by atoms with Gasteiger partial charge in [-0.3, -0.25) is 0 Å². The largest absolute Gasteiger partial charge is 0.427 e. The Morgan fingerprint density at radius 1 is 1.37 bits per heavy atom. The zero-order valence-corrected chi connectivity index (χ0v) is 11.8. The Morgan fingerprint density at radius 2 is 2.21 bits per heavy atom. The third-order valence-corrected chi connectivity index (χ3v) is 3.24. The molecule has 0 saturated heterocycles. The molecule has 0 radical (unpaired) electrons. The van der Waals surface area contributed by atoms with Crippen molar-refractivity contribution >= 4 is 11.3 Å². The maximum atomic E-state index is 13.5. The highest BCUT2D eigenvalue weighted by molar-refractivity contribution is 7.13. The minimum atomic E-state index is -0.397. The van der Waals surface area contributed by atoms with Crippen LogP contribution in [0, 0.1) is 12.7 Å². The Hall–Kier alpha value is -1.53. The van der Waals surface area contributed by atoms with Gasteiger partial charge in [-0.2, -0.15) is 0 Å². The van der Waals surface area contributed by atoms with Crippen LogP contribution in [0.2, 0.25) is 0 Å². The molecule has 2 rings (SSSR count). The van der Waals surface area contributed by atoms with Gasteiger partial charge in [0.2, 0.25) is 0 Å². The van der Waals surface area contributed by atoms with Crippen molar-refractivity contribution in [3.8, 4) is 10.9 Å². The summed E-state index contributed by atoms with van der Waals surface area (Å²) in [6.45, 7) is 5.57. The molecule has 1 heterocycles. The third kappa shape index (κ3) is 3.97. The highest BCUT2D eigenvalue weighted by Crippen LogP contribution is 2.27. The van der Waals surface area contributed by atoms with E-state index in [0.29, 0.717) is 11.7 Å². The summed E-state index contributed by atoms with van der Waals surface area (Å²) < 4.78 is 18.9. The second-order valence-electron chi connectivity index (χ2n) is 4.17. The standard InChI is InChI=1S/C13H16FN3OS/c1-3-6-15-8-12-16-17-13(19-12)18-11-7-9(2)4-5-10(11)14/h4-5,7,15H,3,6,8H2,1-2H3. The van der Waals surface area contributed by atoms with E-state index in [2.05, 4.69) is 22.4 Å². The van der Waals surface area contributed by atoms with Crippen molar-refractivity contribution in [1.29, 1.82) is 0 Å². The second-order valence-corrected chi connectivity index (χ2v) is 5.20. The van der Waals surface area contributed by atoms with Gasteiger partial charge in [-0.1, -0.05) is 29.4 Å². The SMILES string of the molecule is CCCNCc1nnc(Oc2cc(C)ccc2F)s1. The molecular formula is C13H16FN3OS. The van der Waals surface area contributed by atoms with Crippen LogP contribution in [-0.2, 0) is 6.54 Å². The molecule has 0 spiro atoms. The molecule has 6 heteroatoms. The number of rotatable bonds is 6. The molecule has 0 aliphatic carbocycles. The number of hydrogen-bond acceptors (Lipinski definition) is 5. The Balaban J connectivity index is 2.01. The minimum Gasteiger partial charge on any atom is -0.427 e. The first kappa shape index (κ1) is 13.9. The van der Waals surface area contributed by atoms with Gasteiger partial charge in [0.25, 0.3) is 5.19 Å². The first-order chi connectivity index (χ1) is 9.19. The third-order valence-electron chi connectivity index (χ3n) is 2.44. The van der Waals surface area contributed by atoms with E-state index >= 15 is 0 Å². The number of halogens is 1. The molecule has 0 aliphatic rings. The van der Waals surface area contributed by atoms with Crippen LogP contribution < -0.4 is 10.1 Å². The fourth-order valence-corrected chi connectivity index (χ4v) is 2.18. The molecule has 102 valence electrons. The number of nitrogens with zero attached hydrogens (tertiary/aromatic N) is 2. The van der Waals surface area contributed by atoms with Crippen molar-refractivity contribution in [2.24, 2.45) is 0 Å². The van der Waals surface area contributed by atoms with Crippen molar-refractivity contribution in [2.45, 2.75) is 26.8 Å². The molecule has 0 atom stereocenters.